The van der Waals surface area contributed by atoms with Crippen LogP contribution in [-0.2, 0) is 13.0 Å². The van der Waals surface area contributed by atoms with E-state index in [0.29, 0.717) is 0 Å². The second-order valence-corrected chi connectivity index (χ2v) is 5.53. The molecular formula is C17H27NO2. The number of hydrogen-bond donors (Lipinski definition) is 0. The van der Waals surface area contributed by atoms with Crippen LogP contribution in [0.2, 0.25) is 0 Å². The molecule has 3 heteroatoms. The topological polar surface area (TPSA) is 43.1 Å². The zero-order valence-electron chi connectivity index (χ0n) is 12.6. The summed E-state index contributed by atoms with van der Waals surface area (Å²) in [5.74, 6) is 0. The van der Waals surface area contributed by atoms with E-state index < -0.39 is 0 Å². The number of nitro groups is 1. The van der Waals surface area contributed by atoms with Crippen molar-refractivity contribution in [3.05, 3.63) is 45.5 Å². The summed E-state index contributed by atoms with van der Waals surface area (Å²) in [7, 11) is 0. The van der Waals surface area contributed by atoms with Gasteiger partial charge in [0, 0.05) is 10.5 Å². The molecule has 3 nitrogen and oxygen atoms in total. The van der Waals surface area contributed by atoms with Gasteiger partial charge in [-0.15, -0.1) is 0 Å². The Kier molecular flexibility index (Phi) is 8.68. The third-order valence-electron chi connectivity index (χ3n) is 3.65. The minimum absolute atomic E-state index is 0.0714. The zero-order chi connectivity index (χ0) is 14.6. The van der Waals surface area contributed by atoms with Crippen LogP contribution in [0, 0.1) is 10.1 Å². The first-order valence-electron chi connectivity index (χ1n) is 7.92. The van der Waals surface area contributed by atoms with Crippen molar-refractivity contribution in [2.75, 3.05) is 0 Å². The molecule has 0 saturated heterocycles. The number of rotatable bonds is 11. The van der Waals surface area contributed by atoms with Gasteiger partial charge in [-0.1, -0.05) is 76.1 Å². The third kappa shape index (κ3) is 7.93. The maximum Gasteiger partial charge on any atom is 0.228 e. The Balaban J connectivity index is 2.08. The Morgan fingerprint density at radius 3 is 1.90 bits per heavy atom. The molecular weight excluding hydrogens is 250 g/mol. The summed E-state index contributed by atoms with van der Waals surface area (Å²) in [4.78, 5) is 10.1. The maximum absolute atomic E-state index is 10.4. The molecule has 0 fully saturated rings. The molecule has 0 N–H and O–H groups in total. The summed E-state index contributed by atoms with van der Waals surface area (Å²) < 4.78 is 0. The lowest BCUT2D eigenvalue weighted by molar-refractivity contribution is -0.496. The Morgan fingerprint density at radius 2 is 1.35 bits per heavy atom. The molecule has 0 atom stereocenters. The van der Waals surface area contributed by atoms with E-state index in [4.69, 9.17) is 0 Å². The molecule has 0 radical (unpaired) electrons. The van der Waals surface area contributed by atoms with Crippen LogP contribution in [0.5, 0.6) is 0 Å². The number of nitrogens with zero attached hydrogens (tertiary/aromatic N) is 1. The van der Waals surface area contributed by atoms with E-state index >= 15 is 0 Å². The molecule has 0 unspecified atom stereocenters. The van der Waals surface area contributed by atoms with Gasteiger partial charge >= 0.3 is 0 Å². The fourth-order valence-electron chi connectivity index (χ4n) is 2.42. The van der Waals surface area contributed by atoms with E-state index in [1.54, 1.807) is 0 Å². The molecule has 20 heavy (non-hydrogen) atoms. The molecule has 0 aromatic heterocycles. The number of benzene rings is 1. The van der Waals surface area contributed by atoms with Gasteiger partial charge < -0.3 is 0 Å². The van der Waals surface area contributed by atoms with E-state index in [9.17, 15) is 10.1 Å². The van der Waals surface area contributed by atoms with Crippen molar-refractivity contribution < 1.29 is 4.92 Å². The van der Waals surface area contributed by atoms with Gasteiger partial charge in [0.25, 0.3) is 0 Å². The van der Waals surface area contributed by atoms with Crippen molar-refractivity contribution >= 4 is 0 Å². The Labute approximate surface area is 122 Å². The van der Waals surface area contributed by atoms with Gasteiger partial charge in [-0.3, -0.25) is 10.1 Å². The predicted octanol–water partition coefficient (Wildman–Crippen LogP) is 5.15. The average Bonchev–Trinajstić information content (AvgIpc) is 2.43. The first-order chi connectivity index (χ1) is 9.72. The Morgan fingerprint density at radius 1 is 0.850 bits per heavy atom. The van der Waals surface area contributed by atoms with Gasteiger partial charge in [0.15, 0.2) is 0 Å². The zero-order valence-corrected chi connectivity index (χ0v) is 12.6. The van der Waals surface area contributed by atoms with Crippen LogP contribution < -0.4 is 0 Å². The second kappa shape index (κ2) is 10.4. The van der Waals surface area contributed by atoms with E-state index in [1.807, 2.05) is 24.3 Å². The fourth-order valence-corrected chi connectivity index (χ4v) is 2.42. The van der Waals surface area contributed by atoms with Crippen LogP contribution in [0.3, 0.4) is 0 Å². The van der Waals surface area contributed by atoms with Crippen molar-refractivity contribution in [2.24, 2.45) is 0 Å². The summed E-state index contributed by atoms with van der Waals surface area (Å²) in [5.41, 5.74) is 2.08. The van der Waals surface area contributed by atoms with Crippen LogP contribution in [0.1, 0.15) is 69.4 Å². The minimum atomic E-state index is -0.284. The fraction of sp³-hybridized carbons (Fsp3) is 0.647. The second-order valence-electron chi connectivity index (χ2n) is 5.53. The summed E-state index contributed by atoms with van der Waals surface area (Å²) in [6.07, 6.45) is 11.8. The molecule has 0 aliphatic rings. The first kappa shape index (κ1) is 16.7. The summed E-state index contributed by atoms with van der Waals surface area (Å²) >= 11 is 0. The standard InChI is InChI=1S/C17H27NO2/c1-2-3-4-5-6-7-8-9-10-16-11-13-17(14-12-16)15-18(19)20/h11-14H,2-10,15H2,1H3. The SMILES string of the molecule is CCCCCCCCCCc1ccc(C[N+](=O)[O-])cc1. The largest absolute Gasteiger partial charge is 0.264 e. The quantitative estimate of drug-likeness (QED) is 0.319. The molecule has 0 saturated carbocycles. The van der Waals surface area contributed by atoms with Crippen molar-refractivity contribution in [1.82, 2.24) is 0 Å². The van der Waals surface area contributed by atoms with E-state index in [1.165, 1.54) is 56.9 Å². The van der Waals surface area contributed by atoms with Gasteiger partial charge in [-0.2, -0.15) is 0 Å². The van der Waals surface area contributed by atoms with E-state index in [2.05, 4.69) is 6.92 Å². The van der Waals surface area contributed by atoms with Gasteiger partial charge in [-0.05, 0) is 18.4 Å². The highest BCUT2D eigenvalue weighted by molar-refractivity contribution is 5.21. The van der Waals surface area contributed by atoms with Gasteiger partial charge in [0.1, 0.15) is 0 Å². The minimum Gasteiger partial charge on any atom is -0.264 e. The van der Waals surface area contributed by atoms with Crippen molar-refractivity contribution in [1.29, 1.82) is 0 Å². The van der Waals surface area contributed by atoms with E-state index in [0.717, 1.165) is 12.0 Å². The lowest BCUT2D eigenvalue weighted by Gasteiger charge is -2.03. The predicted molar refractivity (Wildman–Crippen MR) is 83.5 cm³/mol. The normalized spacial score (nSPS) is 10.7. The van der Waals surface area contributed by atoms with Gasteiger partial charge in [-0.25, -0.2) is 0 Å². The molecule has 0 spiro atoms. The van der Waals surface area contributed by atoms with Crippen LogP contribution >= 0.6 is 0 Å². The lowest BCUT2D eigenvalue weighted by atomic mass is 10.0. The summed E-state index contributed by atoms with van der Waals surface area (Å²) in [5, 5.41) is 10.4. The molecule has 0 aliphatic heterocycles. The molecule has 1 aromatic carbocycles. The monoisotopic (exact) mass is 277 g/mol. The van der Waals surface area contributed by atoms with Gasteiger partial charge in [0.2, 0.25) is 6.54 Å². The molecule has 112 valence electrons. The molecule has 1 aromatic rings. The highest BCUT2D eigenvalue weighted by Crippen LogP contribution is 2.12. The van der Waals surface area contributed by atoms with Gasteiger partial charge in [0.05, 0.1) is 0 Å². The smallest absolute Gasteiger partial charge is 0.228 e. The molecule has 0 heterocycles. The number of unbranched alkanes of at least 4 members (excludes halogenated alkanes) is 7. The number of hydrogen-bond acceptors (Lipinski definition) is 2. The average molecular weight is 277 g/mol. The molecule has 0 amide bonds. The lowest BCUT2D eigenvalue weighted by Crippen LogP contribution is -1.98. The number of aryl methyl sites for hydroxylation is 1. The molecule has 0 bridgehead atoms. The van der Waals surface area contributed by atoms with Crippen molar-refractivity contribution in [3.8, 4) is 0 Å². The summed E-state index contributed by atoms with van der Waals surface area (Å²) in [6.45, 7) is 2.18. The third-order valence-corrected chi connectivity index (χ3v) is 3.65. The van der Waals surface area contributed by atoms with Crippen LogP contribution in [-0.4, -0.2) is 4.92 Å². The van der Waals surface area contributed by atoms with Crippen molar-refractivity contribution in [2.45, 2.75) is 71.3 Å². The maximum atomic E-state index is 10.4. The van der Waals surface area contributed by atoms with E-state index in [-0.39, 0.29) is 11.5 Å². The first-order valence-corrected chi connectivity index (χ1v) is 7.92. The van der Waals surface area contributed by atoms with Crippen molar-refractivity contribution in [3.63, 3.8) is 0 Å². The summed E-state index contributed by atoms with van der Waals surface area (Å²) in [6, 6.07) is 7.81. The molecule has 1 rings (SSSR count). The van der Waals surface area contributed by atoms with Crippen LogP contribution in [0.4, 0.5) is 0 Å². The highest BCUT2D eigenvalue weighted by atomic mass is 16.6. The Bertz CT molecular complexity index is 373. The van der Waals surface area contributed by atoms with Crippen LogP contribution in [0.15, 0.2) is 24.3 Å². The van der Waals surface area contributed by atoms with Crippen LogP contribution in [0.25, 0.3) is 0 Å². The Hall–Kier alpha value is -1.38. The molecule has 0 aliphatic carbocycles. The highest BCUT2D eigenvalue weighted by Gasteiger charge is 2.01.